The number of esters is 6. The van der Waals surface area contributed by atoms with Gasteiger partial charge in [-0.1, -0.05) is 350 Å². The number of rotatable bonds is 25. The molecule has 0 spiro atoms. The van der Waals surface area contributed by atoms with Crippen LogP contribution in [0.3, 0.4) is 0 Å². The Bertz CT molecular complexity index is 5120. The van der Waals surface area contributed by atoms with Crippen LogP contribution in [0.4, 0.5) is 17.6 Å². The molecule has 12 rings (SSSR count). The Labute approximate surface area is 859 Å². The lowest BCUT2D eigenvalue weighted by molar-refractivity contribution is -0.225. The minimum Gasteiger partial charge on any atom is -0.508 e. The van der Waals surface area contributed by atoms with Crippen LogP contribution in [-0.2, 0) is 28.8 Å². The molecule has 0 aliphatic heterocycles. The molecule has 18 heteroatoms. The van der Waals surface area contributed by atoms with Crippen molar-refractivity contribution in [3.05, 3.63) is 319 Å². The topological polar surface area (TPSA) is 178 Å². The smallest absolute Gasteiger partial charge is 0.404 e. The Kier molecular flexibility index (Phi) is 63.0. The van der Waals surface area contributed by atoms with Gasteiger partial charge in [0.2, 0.25) is 0 Å². The molecule has 1 atom stereocenters. The van der Waals surface area contributed by atoms with Gasteiger partial charge >= 0.3 is 42.0 Å². The van der Waals surface area contributed by atoms with Gasteiger partial charge in [-0.2, -0.15) is 13.2 Å². The predicted molar refractivity (Wildman–Crippen MR) is 596 cm³/mol. The van der Waals surface area contributed by atoms with E-state index >= 15 is 0 Å². The van der Waals surface area contributed by atoms with Crippen LogP contribution >= 0.6 is 11.6 Å². The van der Waals surface area contributed by atoms with Crippen molar-refractivity contribution in [2.75, 3.05) is 0 Å². The van der Waals surface area contributed by atoms with Crippen LogP contribution in [0, 0.1) is 45.2 Å². The molecule has 780 valence electrons. The number of halogens is 5. The number of phenols is 1. The molecule has 1 unspecified atom stereocenters. The molecular formula is C124H171ClF4O13. The van der Waals surface area contributed by atoms with Crippen molar-refractivity contribution >= 4 is 47.4 Å². The van der Waals surface area contributed by atoms with Gasteiger partial charge in [-0.25, -0.2) is 4.39 Å². The molecule has 0 amide bonds. The SMILES string of the molecule is C.C.C.C.C.C.C.C.C.C.C.C.CCC(C)(C(=O)Oc1ccc(-c2ccccc2)cc1)C(F)(F)F.CCC(C)(C)C(=O)Oc1ccc(-c2ccc(C(C)C)cc2)cc1.CCC(C)(C)C(=O)Oc1ccc(-c2ccc(C)cc2)cc1.CCC(C)(C)C(=O)Oc1ccc(-c2ccc(Cl)cc2)cc1.CCC(C)(C)C(=O)Oc1ccc(-c2ccc(F)cc2)cc1.CCC(C)(C)C(=O)Oc1ccc(-c2ccc(O)cc2)cc1. The van der Waals surface area contributed by atoms with Gasteiger partial charge in [0.1, 0.15) is 46.1 Å². The quantitative estimate of drug-likeness (QED) is 0.0325. The number of hydrogen-bond donors (Lipinski definition) is 1. The zero-order valence-corrected chi connectivity index (χ0v) is 79.1. The lowest BCUT2D eigenvalue weighted by atomic mass is 9.87. The van der Waals surface area contributed by atoms with Crippen molar-refractivity contribution < 1.29 is 79.9 Å². The summed E-state index contributed by atoms with van der Waals surface area (Å²) in [5.74, 6) is 1.11. The van der Waals surface area contributed by atoms with Gasteiger partial charge < -0.3 is 33.5 Å². The summed E-state index contributed by atoms with van der Waals surface area (Å²) in [6.07, 6.45) is -1.31. The number of aromatic hydroxyl groups is 1. The van der Waals surface area contributed by atoms with Gasteiger partial charge in [-0.05, 0) is 309 Å². The fourth-order valence-electron chi connectivity index (χ4n) is 11.3. The van der Waals surface area contributed by atoms with Crippen molar-refractivity contribution in [2.24, 2.45) is 32.5 Å². The molecule has 0 bridgehead atoms. The molecule has 0 saturated carbocycles. The average molecular weight is 1980 g/mol. The first-order chi connectivity index (χ1) is 61.3. The normalized spacial score (nSPS) is 10.8. The van der Waals surface area contributed by atoms with Crippen LogP contribution in [-0.4, -0.2) is 47.1 Å². The largest absolute Gasteiger partial charge is 0.508 e. The van der Waals surface area contributed by atoms with Crippen molar-refractivity contribution in [3.8, 4) is 107 Å². The zero-order valence-electron chi connectivity index (χ0n) is 78.3. The molecule has 0 aromatic heterocycles. The van der Waals surface area contributed by atoms with E-state index in [9.17, 15) is 51.4 Å². The average Bonchev–Trinajstić information content (AvgIpc) is 0.791. The summed E-state index contributed by atoms with van der Waals surface area (Å²) in [5.41, 5.74) is 10.2. The highest BCUT2D eigenvalue weighted by Crippen LogP contribution is 2.43. The van der Waals surface area contributed by atoms with E-state index in [1.807, 2.05) is 268 Å². The fourth-order valence-corrected chi connectivity index (χ4v) is 11.4. The highest BCUT2D eigenvalue weighted by Gasteiger charge is 2.57. The number of alkyl halides is 3. The van der Waals surface area contributed by atoms with Crippen LogP contribution in [0.2, 0.25) is 5.02 Å². The number of carbonyl (C=O) groups is 6. The Balaban J connectivity index is -0.000000384. The van der Waals surface area contributed by atoms with E-state index in [4.69, 9.17) is 40.0 Å². The second-order valence-electron chi connectivity index (χ2n) is 35.4. The Hall–Kier alpha value is -12.7. The van der Waals surface area contributed by atoms with Gasteiger partial charge in [0.25, 0.3) is 0 Å². The molecule has 0 heterocycles. The van der Waals surface area contributed by atoms with Gasteiger partial charge in [0.15, 0.2) is 5.41 Å². The maximum absolute atomic E-state index is 13.0. The van der Waals surface area contributed by atoms with Crippen molar-refractivity contribution in [1.29, 1.82) is 0 Å². The molecular weight excluding hydrogens is 1810 g/mol. The number of ether oxygens (including phenoxy) is 6. The second-order valence-corrected chi connectivity index (χ2v) is 35.9. The highest BCUT2D eigenvalue weighted by atomic mass is 35.5. The third kappa shape index (κ3) is 41.8. The molecule has 1 N–H and O–H groups in total. The second kappa shape index (κ2) is 63.9. The summed E-state index contributed by atoms with van der Waals surface area (Å²) < 4.78 is 84.1. The lowest BCUT2D eigenvalue weighted by Gasteiger charge is -2.28. The molecule has 142 heavy (non-hydrogen) atoms. The third-order valence-electron chi connectivity index (χ3n) is 23.3. The first kappa shape index (κ1) is 140. The van der Waals surface area contributed by atoms with Crippen LogP contribution in [0.25, 0.3) is 66.8 Å². The van der Waals surface area contributed by atoms with E-state index in [0.29, 0.717) is 39.7 Å². The number of benzene rings is 12. The van der Waals surface area contributed by atoms with Crippen molar-refractivity contribution in [1.82, 2.24) is 0 Å². The van der Waals surface area contributed by atoms with Crippen LogP contribution < -0.4 is 28.4 Å². The summed E-state index contributed by atoms with van der Waals surface area (Å²) in [7, 11) is 0. The van der Waals surface area contributed by atoms with Gasteiger partial charge in [-0.15, -0.1) is 0 Å². The monoisotopic (exact) mass is 1980 g/mol. The number of carbonyl (C=O) groups excluding carboxylic acids is 6. The molecule has 0 aliphatic rings. The van der Waals surface area contributed by atoms with Crippen molar-refractivity contribution in [2.45, 2.75) is 278 Å². The first-order valence-electron chi connectivity index (χ1n) is 43.8. The third-order valence-corrected chi connectivity index (χ3v) is 23.6. The summed E-state index contributed by atoms with van der Waals surface area (Å²) in [5, 5.41) is 10.0. The van der Waals surface area contributed by atoms with E-state index in [1.165, 1.54) is 47.9 Å². The van der Waals surface area contributed by atoms with Crippen LogP contribution in [0.5, 0.6) is 40.2 Å². The lowest BCUT2D eigenvalue weighted by Crippen LogP contribution is -2.44. The van der Waals surface area contributed by atoms with Crippen LogP contribution in [0.1, 0.15) is 276 Å². The molecule has 0 aliphatic carbocycles. The Morgan fingerprint density at radius 2 is 0.451 bits per heavy atom. The molecule has 0 saturated heterocycles. The molecule has 0 radical (unpaired) electrons. The predicted octanol–water partition coefficient (Wildman–Crippen LogP) is 38.3. The molecule has 0 fully saturated rings. The van der Waals surface area contributed by atoms with Gasteiger partial charge in [-0.3, -0.25) is 28.8 Å². The number of hydrogen-bond acceptors (Lipinski definition) is 13. The summed E-state index contributed by atoms with van der Waals surface area (Å²) in [6, 6.07) is 91.2. The first-order valence-corrected chi connectivity index (χ1v) is 44.2. The van der Waals surface area contributed by atoms with Gasteiger partial charge in [0.05, 0.1) is 27.1 Å². The highest BCUT2D eigenvalue weighted by molar-refractivity contribution is 6.30. The van der Waals surface area contributed by atoms with E-state index < -0.39 is 44.6 Å². The van der Waals surface area contributed by atoms with E-state index in [0.717, 1.165) is 100 Å². The minimum absolute atomic E-state index is 0. The Morgan fingerprint density at radius 3 is 0.655 bits per heavy atom. The number of phenolic OH excluding ortho intramolecular Hbond substituents is 1. The number of aryl methyl sites for hydroxylation is 1. The van der Waals surface area contributed by atoms with E-state index in [1.54, 1.807) is 60.7 Å². The standard InChI is InChI=1S/C21H26O2.C19H22O2.C18H19ClO2.C18H17F3O2.C18H19FO2.C18H20O3.12CH4/c1-6-21(4,5)20(22)23-19-13-11-18(12-14-19)17-9-7-16(8-10-17)15(2)3;1-5-19(3,4)18(20)21-17-12-10-16(11-13-17)15-8-6-14(2)7-9-15;1-4-18(2,3)17(20)21-16-11-7-14(8-12-16)13-5-9-15(19)10-6-13;1-3-17(2,18(19,20)21)16(22)23-15-11-9-14(10-12-15)13-7-5-4-6-8-13;2*1-4-18(2,3)17(20)21-16-11-7-14(8-12-16)13-5-9-15(19)10-6-13;;;;;;;;;;;;/h7-15H,6H2,1-5H3;6-13H,5H2,1-4H3;5-12H,4H2,1-3H3;4-12H,3H2,1-2H3;5-12H,4H2,1-3H3;5-12,19H,4H2,1-3H3;12*1H4. The maximum Gasteiger partial charge on any atom is 0.404 e. The summed E-state index contributed by atoms with van der Waals surface area (Å²) in [6.45, 7) is 37.4. The molecule has 13 nitrogen and oxygen atoms in total. The fraction of sp³-hybridized carbons (Fsp3) is 0.371. The summed E-state index contributed by atoms with van der Waals surface area (Å²) in [4.78, 5) is 72.1. The molecule has 12 aromatic rings. The van der Waals surface area contributed by atoms with E-state index in [-0.39, 0.29) is 143 Å². The van der Waals surface area contributed by atoms with E-state index in [2.05, 4.69) is 69.3 Å². The van der Waals surface area contributed by atoms with Gasteiger partial charge in [0, 0.05) is 5.02 Å². The zero-order chi connectivity index (χ0) is 96.0. The summed E-state index contributed by atoms with van der Waals surface area (Å²) >= 11 is 5.88. The van der Waals surface area contributed by atoms with Crippen molar-refractivity contribution in [3.63, 3.8) is 0 Å². The minimum atomic E-state index is -4.65. The Morgan fingerprint density at radius 1 is 0.268 bits per heavy atom. The molecule has 12 aromatic carbocycles. The van der Waals surface area contributed by atoms with Crippen LogP contribution in [0.15, 0.2) is 297 Å². The maximum atomic E-state index is 13.0.